The minimum absolute atomic E-state index is 0.0510. The van der Waals surface area contributed by atoms with E-state index in [0.29, 0.717) is 5.56 Å². The fourth-order valence-electron chi connectivity index (χ4n) is 1.81. The average Bonchev–Trinajstić information content (AvgIpc) is 2.13. The van der Waals surface area contributed by atoms with Gasteiger partial charge in [0.05, 0.1) is 13.1 Å². The summed E-state index contributed by atoms with van der Waals surface area (Å²) in [5.41, 5.74) is 0.709. The zero-order valence-corrected chi connectivity index (χ0v) is 8.88. The Balaban J connectivity index is 2.06. The average molecular weight is 249 g/mol. The molecule has 1 fully saturated rings. The molecule has 1 aromatic carbocycles. The topological polar surface area (TPSA) is 12.5 Å². The van der Waals surface area contributed by atoms with Gasteiger partial charge in [-0.2, -0.15) is 17.6 Å². The lowest BCUT2D eigenvalue weighted by atomic mass is 10.2. The maximum absolute atomic E-state index is 12.9. The van der Waals surface area contributed by atoms with E-state index in [1.54, 1.807) is 30.3 Å². The van der Waals surface area contributed by atoms with Crippen molar-refractivity contribution >= 4 is 0 Å². The Kier molecular flexibility index (Phi) is 3.09. The second-order valence-corrected chi connectivity index (χ2v) is 4.01. The summed E-state index contributed by atoms with van der Waals surface area (Å²) in [6.45, 7) is -1.59. The summed E-state index contributed by atoms with van der Waals surface area (Å²) in [7, 11) is 0. The number of ether oxygens (including phenoxy) is 1. The van der Waals surface area contributed by atoms with E-state index in [2.05, 4.69) is 4.74 Å². The molecule has 6 heteroatoms. The van der Waals surface area contributed by atoms with Crippen molar-refractivity contribution in [3.05, 3.63) is 35.9 Å². The standard InChI is InChI=1S/C11H11F4NO/c12-10(13)7-16(8-11(14,15)17-10)6-9-4-2-1-3-5-9/h1-5H,6-8H2. The number of halogens is 4. The van der Waals surface area contributed by atoms with Crippen LogP contribution >= 0.6 is 0 Å². The van der Waals surface area contributed by atoms with E-state index >= 15 is 0 Å². The highest BCUT2D eigenvalue weighted by Crippen LogP contribution is 2.33. The molecule has 0 saturated carbocycles. The van der Waals surface area contributed by atoms with Crippen LogP contribution in [-0.4, -0.2) is 30.2 Å². The van der Waals surface area contributed by atoms with E-state index in [4.69, 9.17) is 0 Å². The highest BCUT2D eigenvalue weighted by molar-refractivity contribution is 5.14. The van der Waals surface area contributed by atoms with Crippen LogP contribution < -0.4 is 0 Å². The summed E-state index contributed by atoms with van der Waals surface area (Å²) < 4.78 is 55.1. The molecule has 2 rings (SSSR count). The van der Waals surface area contributed by atoms with Gasteiger partial charge in [-0.05, 0) is 5.56 Å². The van der Waals surface area contributed by atoms with Gasteiger partial charge in [0.1, 0.15) is 0 Å². The molecule has 1 heterocycles. The fraction of sp³-hybridized carbons (Fsp3) is 0.455. The van der Waals surface area contributed by atoms with Crippen LogP contribution in [0.2, 0.25) is 0 Å². The summed E-state index contributed by atoms with van der Waals surface area (Å²) in [6, 6.07) is 8.63. The van der Waals surface area contributed by atoms with Gasteiger partial charge in [0.25, 0.3) is 0 Å². The first-order chi connectivity index (χ1) is 7.86. The molecular weight excluding hydrogens is 238 g/mol. The molecule has 1 aromatic rings. The highest BCUT2D eigenvalue weighted by atomic mass is 19.3. The van der Waals surface area contributed by atoms with Crippen LogP contribution in [0.3, 0.4) is 0 Å². The Morgan fingerprint density at radius 2 is 1.53 bits per heavy atom. The number of rotatable bonds is 2. The van der Waals surface area contributed by atoms with Crippen molar-refractivity contribution in [1.29, 1.82) is 0 Å². The van der Waals surface area contributed by atoms with Crippen LogP contribution in [0, 0.1) is 0 Å². The van der Waals surface area contributed by atoms with Crippen LogP contribution in [0.15, 0.2) is 30.3 Å². The van der Waals surface area contributed by atoms with Gasteiger partial charge in [-0.25, -0.2) is 0 Å². The van der Waals surface area contributed by atoms with Crippen LogP contribution in [0.1, 0.15) is 5.56 Å². The van der Waals surface area contributed by atoms with Crippen LogP contribution in [0.5, 0.6) is 0 Å². The first-order valence-electron chi connectivity index (χ1n) is 5.08. The van der Waals surface area contributed by atoms with Gasteiger partial charge in [-0.3, -0.25) is 9.64 Å². The summed E-state index contributed by atoms with van der Waals surface area (Å²) in [5, 5.41) is 0. The van der Waals surface area contributed by atoms with Gasteiger partial charge in [0.15, 0.2) is 0 Å². The number of benzene rings is 1. The van der Waals surface area contributed by atoms with Crippen molar-refractivity contribution in [2.45, 2.75) is 18.8 Å². The molecule has 0 atom stereocenters. The summed E-state index contributed by atoms with van der Waals surface area (Å²) in [5.74, 6) is 0. The lowest BCUT2D eigenvalue weighted by Crippen LogP contribution is -2.54. The second-order valence-electron chi connectivity index (χ2n) is 4.01. The van der Waals surface area contributed by atoms with Crippen LogP contribution in [0.25, 0.3) is 0 Å². The summed E-state index contributed by atoms with van der Waals surface area (Å²) >= 11 is 0. The first-order valence-corrected chi connectivity index (χ1v) is 5.08. The van der Waals surface area contributed by atoms with Gasteiger partial charge in [-0.15, -0.1) is 0 Å². The van der Waals surface area contributed by atoms with Crippen molar-refractivity contribution < 1.29 is 22.3 Å². The number of nitrogens with zero attached hydrogens (tertiary/aromatic N) is 1. The van der Waals surface area contributed by atoms with E-state index in [0.717, 1.165) is 4.90 Å². The Morgan fingerprint density at radius 3 is 2.06 bits per heavy atom. The minimum atomic E-state index is -3.81. The van der Waals surface area contributed by atoms with Crippen LogP contribution in [0.4, 0.5) is 17.6 Å². The monoisotopic (exact) mass is 249 g/mol. The zero-order valence-electron chi connectivity index (χ0n) is 8.88. The van der Waals surface area contributed by atoms with Crippen molar-refractivity contribution in [2.75, 3.05) is 13.1 Å². The first kappa shape index (κ1) is 12.3. The number of alkyl halides is 4. The molecule has 1 aliphatic heterocycles. The second kappa shape index (κ2) is 4.27. The molecule has 0 aliphatic carbocycles. The molecule has 0 N–H and O–H groups in total. The van der Waals surface area contributed by atoms with E-state index in [1.165, 1.54) is 0 Å². The third-order valence-corrected chi connectivity index (χ3v) is 2.36. The molecule has 0 aromatic heterocycles. The summed E-state index contributed by atoms with van der Waals surface area (Å²) in [4.78, 5) is 0.985. The van der Waals surface area contributed by atoms with Gasteiger partial charge in [0, 0.05) is 6.54 Å². The number of morpholine rings is 1. The Labute approximate surface area is 95.8 Å². The van der Waals surface area contributed by atoms with Crippen molar-refractivity contribution in [3.63, 3.8) is 0 Å². The largest absolute Gasteiger partial charge is 0.372 e. The molecule has 1 aliphatic rings. The molecule has 17 heavy (non-hydrogen) atoms. The molecule has 0 unspecified atom stereocenters. The minimum Gasteiger partial charge on any atom is -0.283 e. The zero-order chi connectivity index (χ0) is 12.5. The van der Waals surface area contributed by atoms with E-state index in [9.17, 15) is 17.6 Å². The summed E-state index contributed by atoms with van der Waals surface area (Å²) in [6.07, 6.45) is -7.62. The SMILES string of the molecule is FC1(F)CN(Cc2ccccc2)CC(F)(F)O1. The van der Waals surface area contributed by atoms with Crippen molar-refractivity contribution in [1.82, 2.24) is 4.90 Å². The fourth-order valence-corrected chi connectivity index (χ4v) is 1.81. The van der Waals surface area contributed by atoms with Crippen LogP contribution in [-0.2, 0) is 11.3 Å². The third-order valence-electron chi connectivity index (χ3n) is 2.36. The van der Waals surface area contributed by atoms with Crippen molar-refractivity contribution in [2.24, 2.45) is 0 Å². The molecule has 0 spiro atoms. The molecule has 1 saturated heterocycles. The Morgan fingerprint density at radius 1 is 1.00 bits per heavy atom. The van der Waals surface area contributed by atoms with Gasteiger partial charge >= 0.3 is 12.2 Å². The van der Waals surface area contributed by atoms with Gasteiger partial charge in [-0.1, -0.05) is 30.3 Å². The van der Waals surface area contributed by atoms with E-state index in [1.807, 2.05) is 0 Å². The smallest absolute Gasteiger partial charge is 0.283 e. The Bertz CT molecular complexity index is 366. The highest BCUT2D eigenvalue weighted by Gasteiger charge is 2.51. The Hall–Kier alpha value is -1.14. The van der Waals surface area contributed by atoms with Gasteiger partial charge in [0.2, 0.25) is 0 Å². The van der Waals surface area contributed by atoms with Crippen molar-refractivity contribution in [3.8, 4) is 0 Å². The van der Waals surface area contributed by atoms with Gasteiger partial charge < -0.3 is 0 Å². The molecule has 0 amide bonds. The number of hydrogen-bond donors (Lipinski definition) is 0. The molecule has 0 bridgehead atoms. The van der Waals surface area contributed by atoms with E-state index < -0.39 is 25.3 Å². The normalized spacial score (nSPS) is 23.5. The van der Waals surface area contributed by atoms with E-state index in [-0.39, 0.29) is 6.54 Å². The maximum atomic E-state index is 12.9. The third kappa shape index (κ3) is 3.41. The maximum Gasteiger partial charge on any atom is 0.372 e. The lowest BCUT2D eigenvalue weighted by Gasteiger charge is -2.36. The lowest BCUT2D eigenvalue weighted by molar-refractivity contribution is -0.405. The molecular formula is C11H11F4NO. The molecule has 2 nitrogen and oxygen atoms in total. The quantitative estimate of drug-likeness (QED) is 0.747. The predicted molar refractivity (Wildman–Crippen MR) is 52.7 cm³/mol. The number of hydrogen-bond acceptors (Lipinski definition) is 2. The molecule has 0 radical (unpaired) electrons. The predicted octanol–water partition coefficient (Wildman–Crippen LogP) is 2.70. The molecule has 94 valence electrons.